The van der Waals surface area contributed by atoms with Gasteiger partial charge in [0, 0.05) is 24.7 Å². The van der Waals surface area contributed by atoms with Crippen molar-refractivity contribution in [2.24, 2.45) is 11.8 Å². The van der Waals surface area contributed by atoms with E-state index in [1.807, 2.05) is 6.92 Å². The minimum absolute atomic E-state index is 0.00202. The van der Waals surface area contributed by atoms with Crippen LogP contribution in [0.3, 0.4) is 0 Å². The number of anilines is 1. The van der Waals surface area contributed by atoms with Gasteiger partial charge in [-0.05, 0) is 64.2 Å². The standard InChI is InChI=1S/C21H29FN4O2/c1-3-28-19(27)21-9-17-7-15(8-18(10-21)26(17)21)14-4-5-25(13(2)6-14)20-23-11-16(22)12-24-20/h11-15,17-18H,3-10H2,1-2H3/t13-,14-,15?,17-,18+,21?/m0/s1. The summed E-state index contributed by atoms with van der Waals surface area (Å²) >= 11 is 0. The van der Waals surface area contributed by atoms with E-state index >= 15 is 0 Å². The van der Waals surface area contributed by atoms with Crippen LogP contribution in [0, 0.1) is 17.7 Å². The van der Waals surface area contributed by atoms with E-state index in [-0.39, 0.29) is 11.5 Å². The van der Waals surface area contributed by atoms with E-state index in [0.717, 1.165) is 38.1 Å². The van der Waals surface area contributed by atoms with Crippen LogP contribution in [0.1, 0.15) is 52.4 Å². The first-order valence-corrected chi connectivity index (χ1v) is 10.7. The molecule has 0 amide bonds. The molecule has 0 radical (unpaired) electrons. The summed E-state index contributed by atoms with van der Waals surface area (Å²) in [5, 5.41) is 0. The minimum atomic E-state index is -0.391. The second-order valence-corrected chi connectivity index (χ2v) is 9.13. The van der Waals surface area contributed by atoms with E-state index in [1.54, 1.807) is 0 Å². The van der Waals surface area contributed by atoms with Crippen LogP contribution in [0.2, 0.25) is 0 Å². The summed E-state index contributed by atoms with van der Waals surface area (Å²) in [5.41, 5.74) is -0.271. The fraction of sp³-hybridized carbons (Fsp3) is 0.762. The molecule has 4 aliphatic heterocycles. The second kappa shape index (κ2) is 6.65. The highest BCUT2D eigenvalue weighted by Crippen LogP contribution is 2.59. The Kier molecular flexibility index (Phi) is 4.34. The summed E-state index contributed by atoms with van der Waals surface area (Å²) in [4.78, 5) is 25.4. The van der Waals surface area contributed by atoms with Gasteiger partial charge in [-0.25, -0.2) is 14.4 Å². The van der Waals surface area contributed by atoms with E-state index in [9.17, 15) is 9.18 Å². The van der Waals surface area contributed by atoms with E-state index in [2.05, 4.69) is 26.7 Å². The Labute approximate surface area is 165 Å². The van der Waals surface area contributed by atoms with Crippen molar-refractivity contribution in [1.82, 2.24) is 14.9 Å². The molecule has 6 atom stereocenters. The molecule has 0 aromatic carbocycles. The Hall–Kier alpha value is -1.76. The van der Waals surface area contributed by atoms with Crippen LogP contribution in [0.5, 0.6) is 0 Å². The molecule has 0 bridgehead atoms. The average Bonchev–Trinajstić information content (AvgIpc) is 2.64. The highest BCUT2D eigenvalue weighted by Gasteiger charge is 2.70. The number of carbonyl (C=O) groups excluding carboxylic acids is 1. The Morgan fingerprint density at radius 1 is 1.21 bits per heavy atom. The van der Waals surface area contributed by atoms with Crippen LogP contribution in [-0.2, 0) is 9.53 Å². The molecule has 7 heteroatoms. The summed E-state index contributed by atoms with van der Waals surface area (Å²) in [6, 6.07) is 1.50. The first kappa shape index (κ1) is 18.3. The van der Waals surface area contributed by atoms with Crippen LogP contribution in [0.15, 0.2) is 12.4 Å². The van der Waals surface area contributed by atoms with Crippen molar-refractivity contribution >= 4 is 11.9 Å². The summed E-state index contributed by atoms with van der Waals surface area (Å²) in [7, 11) is 0. The van der Waals surface area contributed by atoms with Gasteiger partial charge in [0.2, 0.25) is 5.95 Å². The molecule has 5 heterocycles. The zero-order valence-corrected chi connectivity index (χ0v) is 16.7. The van der Waals surface area contributed by atoms with E-state index in [4.69, 9.17) is 4.74 Å². The van der Waals surface area contributed by atoms with Crippen molar-refractivity contribution in [2.75, 3.05) is 18.1 Å². The van der Waals surface area contributed by atoms with Crippen LogP contribution < -0.4 is 4.90 Å². The van der Waals surface area contributed by atoms with Gasteiger partial charge in [-0.1, -0.05) is 0 Å². The molecule has 4 saturated heterocycles. The van der Waals surface area contributed by atoms with E-state index < -0.39 is 5.82 Å². The molecular weight excluding hydrogens is 359 g/mol. The normalized spacial score (nSPS) is 39.5. The zero-order chi connectivity index (χ0) is 19.5. The maximum absolute atomic E-state index is 13.1. The van der Waals surface area contributed by atoms with Crippen molar-refractivity contribution in [1.29, 1.82) is 0 Å². The van der Waals surface area contributed by atoms with E-state index in [0.29, 0.717) is 36.6 Å². The quantitative estimate of drug-likeness (QED) is 0.740. The first-order valence-electron chi connectivity index (χ1n) is 10.7. The lowest BCUT2D eigenvalue weighted by molar-refractivity contribution is -0.243. The first-order chi connectivity index (χ1) is 13.5. The molecule has 1 aromatic rings. The second-order valence-electron chi connectivity index (χ2n) is 9.13. The smallest absolute Gasteiger partial charge is 0.326 e. The Balaban J connectivity index is 1.20. The number of halogens is 1. The highest BCUT2D eigenvalue weighted by atomic mass is 19.1. The van der Waals surface area contributed by atoms with Crippen LogP contribution in [0.25, 0.3) is 0 Å². The molecule has 5 rings (SSSR count). The molecule has 6 nitrogen and oxygen atoms in total. The van der Waals surface area contributed by atoms with Crippen molar-refractivity contribution in [2.45, 2.75) is 76.0 Å². The largest absolute Gasteiger partial charge is 0.465 e. The lowest BCUT2D eigenvalue weighted by Gasteiger charge is -2.72. The maximum Gasteiger partial charge on any atom is 0.326 e. The molecule has 0 spiro atoms. The van der Waals surface area contributed by atoms with Crippen molar-refractivity contribution in [3.8, 4) is 0 Å². The SMILES string of the molecule is CCOC(=O)C12C[C@H]3CC([C@H]4CCN(c5ncc(F)cn5)[C@@H](C)C4)C[C@@H](C1)N32. The van der Waals surface area contributed by atoms with Crippen LogP contribution in [0.4, 0.5) is 10.3 Å². The molecule has 152 valence electrons. The van der Waals surface area contributed by atoms with Gasteiger partial charge in [0.05, 0.1) is 19.0 Å². The van der Waals surface area contributed by atoms with Crippen LogP contribution >= 0.6 is 0 Å². The number of hydrogen-bond acceptors (Lipinski definition) is 6. The van der Waals surface area contributed by atoms with Crippen molar-refractivity contribution < 1.29 is 13.9 Å². The van der Waals surface area contributed by atoms with E-state index in [1.165, 1.54) is 25.2 Å². The number of nitrogens with zero attached hydrogens (tertiary/aromatic N) is 4. The molecule has 0 N–H and O–H groups in total. The number of aromatic nitrogens is 2. The number of esters is 1. The van der Waals surface area contributed by atoms with Gasteiger partial charge in [0.15, 0.2) is 5.82 Å². The van der Waals surface area contributed by atoms with Gasteiger partial charge in [-0.2, -0.15) is 0 Å². The van der Waals surface area contributed by atoms with Gasteiger partial charge in [0.1, 0.15) is 5.54 Å². The number of ether oxygens (including phenoxy) is 1. The maximum atomic E-state index is 13.1. The lowest BCUT2D eigenvalue weighted by Crippen LogP contribution is -2.83. The van der Waals surface area contributed by atoms with Crippen molar-refractivity contribution in [3.63, 3.8) is 0 Å². The monoisotopic (exact) mass is 388 g/mol. The van der Waals surface area contributed by atoms with Gasteiger partial charge >= 0.3 is 5.97 Å². The van der Waals surface area contributed by atoms with Gasteiger partial charge in [-0.3, -0.25) is 9.69 Å². The number of piperidine rings is 3. The van der Waals surface area contributed by atoms with Crippen molar-refractivity contribution in [3.05, 3.63) is 18.2 Å². The van der Waals surface area contributed by atoms with Crippen LogP contribution in [-0.4, -0.2) is 57.7 Å². The average molecular weight is 388 g/mol. The molecule has 28 heavy (non-hydrogen) atoms. The Bertz CT molecular complexity index is 741. The fourth-order valence-electron chi connectivity index (χ4n) is 6.54. The lowest BCUT2D eigenvalue weighted by atomic mass is 9.56. The number of rotatable bonds is 4. The fourth-order valence-corrected chi connectivity index (χ4v) is 6.54. The Morgan fingerprint density at radius 2 is 1.89 bits per heavy atom. The minimum Gasteiger partial charge on any atom is -0.465 e. The predicted molar refractivity (Wildman–Crippen MR) is 102 cm³/mol. The van der Waals surface area contributed by atoms with Gasteiger partial charge in [0.25, 0.3) is 0 Å². The molecule has 4 aliphatic rings. The third-order valence-corrected chi connectivity index (χ3v) is 7.68. The molecule has 2 unspecified atom stereocenters. The molecule has 0 saturated carbocycles. The topological polar surface area (TPSA) is 58.6 Å². The van der Waals surface area contributed by atoms with Gasteiger partial charge in [-0.15, -0.1) is 0 Å². The summed E-state index contributed by atoms with van der Waals surface area (Å²) < 4.78 is 18.4. The number of carbonyl (C=O) groups is 1. The highest BCUT2D eigenvalue weighted by molar-refractivity contribution is 5.84. The molecular formula is C21H29FN4O2. The Morgan fingerprint density at radius 3 is 2.50 bits per heavy atom. The number of hydrogen-bond donors (Lipinski definition) is 0. The summed E-state index contributed by atoms with van der Waals surface area (Å²) in [5.74, 6) is 1.71. The third-order valence-electron chi connectivity index (χ3n) is 7.68. The molecule has 0 aliphatic carbocycles. The summed E-state index contributed by atoms with van der Waals surface area (Å²) in [6.45, 7) is 5.52. The third kappa shape index (κ3) is 2.65. The summed E-state index contributed by atoms with van der Waals surface area (Å²) in [6.07, 6.45) is 9.16. The molecule has 1 aromatic heterocycles. The molecule has 4 fully saturated rings. The predicted octanol–water partition coefficient (Wildman–Crippen LogP) is 2.78. The zero-order valence-electron chi connectivity index (χ0n) is 16.7. The van der Waals surface area contributed by atoms with Gasteiger partial charge < -0.3 is 9.64 Å².